The van der Waals surface area contributed by atoms with Crippen molar-refractivity contribution in [2.24, 2.45) is 0 Å². The fourth-order valence-corrected chi connectivity index (χ4v) is 2.03. The lowest BCUT2D eigenvalue weighted by molar-refractivity contribution is 0.102. The Kier molecular flexibility index (Phi) is 3.99. The van der Waals surface area contributed by atoms with Gasteiger partial charge in [-0.25, -0.2) is 9.07 Å². The lowest BCUT2D eigenvalue weighted by atomic mass is 10.2. The van der Waals surface area contributed by atoms with Gasteiger partial charge >= 0.3 is 0 Å². The van der Waals surface area contributed by atoms with E-state index < -0.39 is 5.82 Å². The third-order valence-electron chi connectivity index (χ3n) is 2.58. The monoisotopic (exact) mass is 325 g/mol. The summed E-state index contributed by atoms with van der Waals surface area (Å²) >= 11 is 3.06. The minimum atomic E-state index is -0.399. The molecule has 0 unspecified atom stereocenters. The summed E-state index contributed by atoms with van der Waals surface area (Å²) in [6.45, 7) is 3.94. The van der Waals surface area contributed by atoms with Gasteiger partial charge in [-0.1, -0.05) is 0 Å². The number of benzene rings is 1. The third kappa shape index (κ3) is 3.01. The van der Waals surface area contributed by atoms with Crippen molar-refractivity contribution < 1.29 is 9.18 Å². The summed E-state index contributed by atoms with van der Waals surface area (Å²) in [5.74, 6) is -0.0904. The predicted molar refractivity (Wildman–Crippen MR) is 74.7 cm³/mol. The van der Waals surface area contributed by atoms with Gasteiger partial charge in [0.2, 0.25) is 0 Å². The maximum absolute atomic E-state index is 13.1. The van der Waals surface area contributed by atoms with Gasteiger partial charge < -0.3 is 5.32 Å². The standard InChI is InChI=1S/C13H13BrFN3O/c1-8(2)18-12(5-6-16-18)17-13(19)9-3-4-11(15)10(14)7-9/h3-8H,1-2H3,(H,17,19). The molecule has 0 atom stereocenters. The minimum absolute atomic E-state index is 0.144. The molecule has 0 saturated carbocycles. The fraction of sp³-hybridized carbons (Fsp3) is 0.231. The number of amides is 1. The number of carbonyl (C=O) groups excluding carboxylic acids is 1. The molecule has 0 aliphatic heterocycles. The molecule has 4 nitrogen and oxygen atoms in total. The van der Waals surface area contributed by atoms with Crippen molar-refractivity contribution in [3.63, 3.8) is 0 Å². The average Bonchev–Trinajstić information content (AvgIpc) is 2.80. The first-order chi connectivity index (χ1) is 8.99. The van der Waals surface area contributed by atoms with Gasteiger partial charge in [0.25, 0.3) is 5.91 Å². The molecular weight excluding hydrogens is 313 g/mol. The van der Waals surface area contributed by atoms with E-state index in [4.69, 9.17) is 0 Å². The lowest BCUT2D eigenvalue weighted by Gasteiger charge is -2.11. The van der Waals surface area contributed by atoms with Crippen LogP contribution in [0.15, 0.2) is 34.9 Å². The molecule has 2 rings (SSSR count). The van der Waals surface area contributed by atoms with Crippen molar-refractivity contribution in [3.05, 3.63) is 46.3 Å². The maximum atomic E-state index is 13.1. The van der Waals surface area contributed by atoms with E-state index in [2.05, 4.69) is 26.3 Å². The summed E-state index contributed by atoms with van der Waals surface area (Å²) in [5, 5.41) is 6.88. The Hall–Kier alpha value is -1.69. The Morgan fingerprint density at radius 3 is 2.79 bits per heavy atom. The second-order valence-corrected chi connectivity index (χ2v) is 5.19. The number of hydrogen-bond acceptors (Lipinski definition) is 2. The smallest absolute Gasteiger partial charge is 0.256 e. The van der Waals surface area contributed by atoms with Crippen molar-refractivity contribution in [1.29, 1.82) is 0 Å². The van der Waals surface area contributed by atoms with Crippen LogP contribution in [0.25, 0.3) is 0 Å². The molecule has 1 aromatic heterocycles. The second-order valence-electron chi connectivity index (χ2n) is 4.34. The molecule has 0 radical (unpaired) electrons. The highest BCUT2D eigenvalue weighted by Crippen LogP contribution is 2.19. The lowest BCUT2D eigenvalue weighted by Crippen LogP contribution is -2.16. The first-order valence-electron chi connectivity index (χ1n) is 5.79. The fourth-order valence-electron chi connectivity index (χ4n) is 1.65. The highest BCUT2D eigenvalue weighted by Gasteiger charge is 2.12. The summed E-state index contributed by atoms with van der Waals surface area (Å²) in [4.78, 5) is 12.1. The molecular formula is C13H13BrFN3O. The van der Waals surface area contributed by atoms with Crippen molar-refractivity contribution in [1.82, 2.24) is 9.78 Å². The Morgan fingerprint density at radius 1 is 1.42 bits per heavy atom. The number of anilines is 1. The molecule has 0 spiro atoms. The van der Waals surface area contributed by atoms with Crippen LogP contribution in [0.2, 0.25) is 0 Å². The van der Waals surface area contributed by atoms with E-state index in [0.717, 1.165) is 0 Å². The second kappa shape index (κ2) is 5.52. The molecule has 2 aromatic rings. The highest BCUT2D eigenvalue weighted by atomic mass is 79.9. The van der Waals surface area contributed by atoms with Crippen LogP contribution >= 0.6 is 15.9 Å². The average molecular weight is 326 g/mol. The maximum Gasteiger partial charge on any atom is 0.256 e. The van der Waals surface area contributed by atoms with Gasteiger partial charge in [0.05, 0.1) is 10.7 Å². The molecule has 6 heteroatoms. The number of aromatic nitrogens is 2. The normalized spacial score (nSPS) is 10.8. The van der Waals surface area contributed by atoms with Gasteiger partial charge in [-0.05, 0) is 48.0 Å². The molecule has 1 N–H and O–H groups in total. The summed E-state index contributed by atoms with van der Waals surface area (Å²) in [6, 6.07) is 5.99. The number of hydrogen-bond donors (Lipinski definition) is 1. The molecule has 1 amide bonds. The van der Waals surface area contributed by atoms with Gasteiger partial charge in [-0.15, -0.1) is 0 Å². The number of halogens is 2. The van der Waals surface area contributed by atoms with Gasteiger partial charge in [0.1, 0.15) is 11.6 Å². The van der Waals surface area contributed by atoms with Gasteiger partial charge in [0, 0.05) is 17.7 Å². The van der Waals surface area contributed by atoms with E-state index in [0.29, 0.717) is 11.4 Å². The summed E-state index contributed by atoms with van der Waals surface area (Å²) in [5.41, 5.74) is 0.379. The molecule has 0 aliphatic carbocycles. The number of rotatable bonds is 3. The van der Waals surface area contributed by atoms with E-state index in [1.807, 2.05) is 13.8 Å². The highest BCUT2D eigenvalue weighted by molar-refractivity contribution is 9.10. The van der Waals surface area contributed by atoms with Crippen LogP contribution < -0.4 is 5.32 Å². The van der Waals surface area contributed by atoms with Crippen LogP contribution in [0.3, 0.4) is 0 Å². The summed E-state index contributed by atoms with van der Waals surface area (Å²) in [6.07, 6.45) is 1.62. The van der Waals surface area contributed by atoms with Crippen molar-refractivity contribution in [2.75, 3.05) is 5.32 Å². The molecule has 19 heavy (non-hydrogen) atoms. The zero-order valence-corrected chi connectivity index (χ0v) is 12.1. The van der Waals surface area contributed by atoms with E-state index in [1.165, 1.54) is 18.2 Å². The van der Waals surface area contributed by atoms with Crippen molar-refractivity contribution >= 4 is 27.7 Å². The molecule has 1 aromatic carbocycles. The largest absolute Gasteiger partial charge is 0.307 e. The molecule has 0 bridgehead atoms. The van der Waals surface area contributed by atoms with Gasteiger partial charge in [0.15, 0.2) is 0 Å². The van der Waals surface area contributed by atoms with Crippen molar-refractivity contribution in [2.45, 2.75) is 19.9 Å². The van der Waals surface area contributed by atoms with E-state index in [-0.39, 0.29) is 16.4 Å². The zero-order valence-electron chi connectivity index (χ0n) is 10.5. The quantitative estimate of drug-likeness (QED) is 0.936. The Balaban J connectivity index is 2.21. The van der Waals surface area contributed by atoms with E-state index >= 15 is 0 Å². The summed E-state index contributed by atoms with van der Waals surface area (Å²) in [7, 11) is 0. The molecule has 0 aliphatic rings. The molecule has 0 saturated heterocycles. The Labute approximate surface area is 118 Å². The van der Waals surface area contributed by atoms with Crippen molar-refractivity contribution in [3.8, 4) is 0 Å². The first-order valence-corrected chi connectivity index (χ1v) is 6.58. The van der Waals surface area contributed by atoms with Crippen LogP contribution in [0, 0.1) is 5.82 Å². The van der Waals surface area contributed by atoms with E-state index in [1.54, 1.807) is 16.9 Å². The molecule has 100 valence electrons. The van der Waals surface area contributed by atoms with Gasteiger partial charge in [-0.2, -0.15) is 5.10 Å². The van der Waals surface area contributed by atoms with Crippen LogP contribution in [0.1, 0.15) is 30.2 Å². The van der Waals surface area contributed by atoms with Crippen LogP contribution in [-0.2, 0) is 0 Å². The van der Waals surface area contributed by atoms with Gasteiger partial charge in [-0.3, -0.25) is 4.79 Å². The molecule has 0 fully saturated rings. The van der Waals surface area contributed by atoms with E-state index in [9.17, 15) is 9.18 Å². The SMILES string of the molecule is CC(C)n1nccc1NC(=O)c1ccc(F)c(Br)c1. The zero-order chi connectivity index (χ0) is 14.0. The predicted octanol–water partition coefficient (Wildman–Crippen LogP) is 3.62. The van der Waals surface area contributed by atoms with Crippen LogP contribution in [0.5, 0.6) is 0 Å². The minimum Gasteiger partial charge on any atom is -0.307 e. The number of carbonyl (C=O) groups is 1. The summed E-state index contributed by atoms with van der Waals surface area (Å²) < 4.78 is 15.1. The first kappa shape index (κ1) is 13.7. The number of nitrogens with zero attached hydrogens (tertiary/aromatic N) is 2. The molecule has 1 heterocycles. The number of nitrogens with one attached hydrogen (secondary N) is 1. The third-order valence-corrected chi connectivity index (χ3v) is 3.19. The van der Waals surface area contributed by atoms with Crippen LogP contribution in [-0.4, -0.2) is 15.7 Å². The van der Waals surface area contributed by atoms with Crippen LogP contribution in [0.4, 0.5) is 10.2 Å². The Bertz CT molecular complexity index is 610. The topological polar surface area (TPSA) is 46.9 Å². The Morgan fingerprint density at radius 2 is 2.16 bits per heavy atom.